The zero-order valence-electron chi connectivity index (χ0n) is 9.09. The van der Waals surface area contributed by atoms with Gasteiger partial charge in [-0.3, -0.25) is 9.78 Å². The summed E-state index contributed by atoms with van der Waals surface area (Å²) in [6.07, 6.45) is 3.27. The molecule has 6 nitrogen and oxygen atoms in total. The third-order valence-electron chi connectivity index (χ3n) is 2.14. The first kappa shape index (κ1) is 11.1. The van der Waals surface area contributed by atoms with Crippen LogP contribution in [0.1, 0.15) is 11.5 Å². The minimum Gasteiger partial charge on any atom is -0.397 e. The highest BCUT2D eigenvalue weighted by Crippen LogP contribution is 2.02. The average Bonchev–Trinajstić information content (AvgIpc) is 2.83. The highest BCUT2D eigenvalue weighted by molar-refractivity contribution is 5.78. The highest BCUT2D eigenvalue weighted by atomic mass is 16.5. The largest absolute Gasteiger partial charge is 0.397 e. The lowest BCUT2D eigenvalue weighted by molar-refractivity contribution is -0.120. The number of aromatic nitrogens is 2. The zero-order valence-corrected chi connectivity index (χ0v) is 9.09. The lowest BCUT2D eigenvalue weighted by atomic mass is 10.2. The van der Waals surface area contributed by atoms with Crippen LogP contribution in [0.2, 0.25) is 0 Å². The normalized spacial score (nSPS) is 10.1. The molecule has 2 aromatic rings. The number of amides is 1. The van der Waals surface area contributed by atoms with E-state index in [1.165, 1.54) is 12.4 Å². The fraction of sp³-hybridized carbons (Fsp3) is 0.182. The van der Waals surface area contributed by atoms with Crippen LogP contribution in [0.4, 0.5) is 5.69 Å². The molecule has 0 aliphatic rings. The lowest BCUT2D eigenvalue weighted by Crippen LogP contribution is -2.24. The van der Waals surface area contributed by atoms with Crippen molar-refractivity contribution in [2.24, 2.45) is 0 Å². The maximum Gasteiger partial charge on any atom is 0.226 e. The summed E-state index contributed by atoms with van der Waals surface area (Å²) < 4.78 is 4.85. The third kappa shape index (κ3) is 3.30. The van der Waals surface area contributed by atoms with E-state index in [0.717, 1.165) is 0 Å². The van der Waals surface area contributed by atoms with Crippen LogP contribution < -0.4 is 11.1 Å². The summed E-state index contributed by atoms with van der Waals surface area (Å²) in [6.45, 7) is 0.327. The third-order valence-corrected chi connectivity index (χ3v) is 2.14. The Kier molecular flexibility index (Phi) is 3.34. The number of carbonyl (C=O) groups is 1. The van der Waals surface area contributed by atoms with Crippen molar-refractivity contribution in [1.29, 1.82) is 0 Å². The van der Waals surface area contributed by atoms with Crippen molar-refractivity contribution >= 4 is 11.6 Å². The second-order valence-corrected chi connectivity index (χ2v) is 3.52. The van der Waals surface area contributed by atoms with Gasteiger partial charge in [0.05, 0.1) is 31.0 Å². The van der Waals surface area contributed by atoms with Gasteiger partial charge in [-0.25, -0.2) is 0 Å². The van der Waals surface area contributed by atoms with Crippen LogP contribution in [-0.4, -0.2) is 16.0 Å². The summed E-state index contributed by atoms with van der Waals surface area (Å²) >= 11 is 0. The maximum absolute atomic E-state index is 11.5. The van der Waals surface area contributed by atoms with E-state index in [1.54, 1.807) is 18.2 Å². The molecule has 0 atom stereocenters. The molecule has 2 rings (SSSR count). The van der Waals surface area contributed by atoms with Crippen molar-refractivity contribution in [2.75, 3.05) is 5.73 Å². The van der Waals surface area contributed by atoms with E-state index in [1.807, 2.05) is 0 Å². The number of rotatable bonds is 4. The Balaban J connectivity index is 1.83. The maximum atomic E-state index is 11.5. The molecule has 0 aromatic carbocycles. The first-order valence-electron chi connectivity index (χ1n) is 5.11. The number of anilines is 1. The second-order valence-electron chi connectivity index (χ2n) is 3.52. The molecular weight excluding hydrogens is 220 g/mol. The molecule has 0 saturated carbocycles. The summed E-state index contributed by atoms with van der Waals surface area (Å²) in [5.41, 5.74) is 6.75. The SMILES string of the molecule is Nc1ccc(CC(=O)NCc2ccno2)nc1. The first-order valence-corrected chi connectivity index (χ1v) is 5.11. The van der Waals surface area contributed by atoms with Gasteiger partial charge in [0, 0.05) is 11.8 Å². The van der Waals surface area contributed by atoms with Crippen molar-refractivity contribution in [3.8, 4) is 0 Å². The number of nitrogens with one attached hydrogen (secondary N) is 1. The number of nitrogens with zero attached hydrogens (tertiary/aromatic N) is 2. The minimum atomic E-state index is -0.126. The molecule has 17 heavy (non-hydrogen) atoms. The van der Waals surface area contributed by atoms with Crippen molar-refractivity contribution in [3.05, 3.63) is 42.0 Å². The molecule has 0 aliphatic heterocycles. The van der Waals surface area contributed by atoms with E-state index >= 15 is 0 Å². The molecule has 0 radical (unpaired) electrons. The molecule has 0 saturated heterocycles. The van der Waals surface area contributed by atoms with E-state index in [9.17, 15) is 4.79 Å². The summed E-state index contributed by atoms with van der Waals surface area (Å²) in [6, 6.07) is 5.14. The number of pyridine rings is 1. The molecule has 0 spiro atoms. The molecule has 1 amide bonds. The van der Waals surface area contributed by atoms with Gasteiger partial charge in [0.1, 0.15) is 0 Å². The van der Waals surface area contributed by atoms with Crippen LogP contribution in [0.5, 0.6) is 0 Å². The van der Waals surface area contributed by atoms with E-state index in [2.05, 4.69) is 15.5 Å². The standard InChI is InChI=1S/C11H12N4O2/c12-8-1-2-9(13-6-8)5-11(16)14-7-10-3-4-15-17-10/h1-4,6H,5,7,12H2,(H,14,16). The Labute approximate surface area is 97.8 Å². The summed E-state index contributed by atoms with van der Waals surface area (Å²) in [5.74, 6) is 0.488. The predicted octanol–water partition coefficient (Wildman–Crippen LogP) is 0.511. The number of nitrogens with two attached hydrogens (primary N) is 1. The summed E-state index contributed by atoms with van der Waals surface area (Å²) in [7, 11) is 0. The molecule has 0 unspecified atom stereocenters. The number of hydrogen-bond acceptors (Lipinski definition) is 5. The van der Waals surface area contributed by atoms with E-state index in [-0.39, 0.29) is 12.3 Å². The van der Waals surface area contributed by atoms with Gasteiger partial charge in [0.2, 0.25) is 5.91 Å². The van der Waals surface area contributed by atoms with E-state index in [4.69, 9.17) is 10.3 Å². The van der Waals surface area contributed by atoms with Crippen molar-refractivity contribution in [1.82, 2.24) is 15.5 Å². The van der Waals surface area contributed by atoms with Crippen LogP contribution in [0.25, 0.3) is 0 Å². The Morgan fingerprint density at radius 2 is 2.29 bits per heavy atom. The summed E-state index contributed by atoms with van der Waals surface area (Å²) in [4.78, 5) is 15.6. The van der Waals surface area contributed by atoms with Gasteiger partial charge in [-0.05, 0) is 12.1 Å². The number of nitrogen functional groups attached to an aromatic ring is 1. The molecule has 0 fully saturated rings. The number of carbonyl (C=O) groups excluding carboxylic acids is 1. The fourth-order valence-electron chi connectivity index (χ4n) is 1.29. The minimum absolute atomic E-state index is 0.126. The molecule has 2 heterocycles. The van der Waals surface area contributed by atoms with Crippen LogP contribution in [0.15, 0.2) is 35.1 Å². The van der Waals surface area contributed by atoms with Gasteiger partial charge >= 0.3 is 0 Å². The Morgan fingerprint density at radius 3 is 2.94 bits per heavy atom. The van der Waals surface area contributed by atoms with E-state index in [0.29, 0.717) is 23.7 Å². The topological polar surface area (TPSA) is 94.0 Å². The van der Waals surface area contributed by atoms with Crippen LogP contribution in [0.3, 0.4) is 0 Å². The van der Waals surface area contributed by atoms with Crippen molar-refractivity contribution < 1.29 is 9.32 Å². The van der Waals surface area contributed by atoms with E-state index < -0.39 is 0 Å². The van der Waals surface area contributed by atoms with Gasteiger partial charge in [-0.2, -0.15) is 0 Å². The first-order chi connectivity index (χ1) is 8.24. The molecule has 3 N–H and O–H groups in total. The second kappa shape index (κ2) is 5.11. The average molecular weight is 232 g/mol. The highest BCUT2D eigenvalue weighted by Gasteiger charge is 2.05. The van der Waals surface area contributed by atoms with Gasteiger partial charge < -0.3 is 15.6 Å². The molecule has 0 aliphatic carbocycles. The van der Waals surface area contributed by atoms with Crippen LogP contribution in [0, 0.1) is 0 Å². The van der Waals surface area contributed by atoms with Crippen molar-refractivity contribution in [2.45, 2.75) is 13.0 Å². The van der Waals surface area contributed by atoms with Crippen LogP contribution >= 0.6 is 0 Å². The van der Waals surface area contributed by atoms with Gasteiger partial charge in [-0.1, -0.05) is 5.16 Å². The fourth-order valence-corrected chi connectivity index (χ4v) is 1.29. The van der Waals surface area contributed by atoms with Crippen molar-refractivity contribution in [3.63, 3.8) is 0 Å². The monoisotopic (exact) mass is 232 g/mol. The molecule has 2 aromatic heterocycles. The van der Waals surface area contributed by atoms with Gasteiger partial charge in [0.15, 0.2) is 5.76 Å². The quantitative estimate of drug-likeness (QED) is 0.801. The molecule has 0 bridgehead atoms. The Morgan fingerprint density at radius 1 is 1.41 bits per heavy atom. The van der Waals surface area contributed by atoms with Gasteiger partial charge in [0.25, 0.3) is 0 Å². The summed E-state index contributed by atoms with van der Waals surface area (Å²) in [5, 5.41) is 6.25. The number of hydrogen-bond donors (Lipinski definition) is 2. The molecular formula is C11H12N4O2. The van der Waals surface area contributed by atoms with Gasteiger partial charge in [-0.15, -0.1) is 0 Å². The predicted molar refractivity (Wildman–Crippen MR) is 60.7 cm³/mol. The Bertz CT molecular complexity index is 479. The smallest absolute Gasteiger partial charge is 0.226 e. The molecule has 6 heteroatoms. The lowest BCUT2D eigenvalue weighted by Gasteiger charge is -2.02. The zero-order chi connectivity index (χ0) is 12.1. The Hall–Kier alpha value is -2.37. The molecule has 88 valence electrons. The van der Waals surface area contributed by atoms with Crippen LogP contribution in [-0.2, 0) is 17.8 Å².